The Balaban J connectivity index is 0.00000264. The van der Waals surface area contributed by atoms with Gasteiger partial charge in [0.15, 0.2) is 11.8 Å². The van der Waals surface area contributed by atoms with Gasteiger partial charge in [0.05, 0.1) is 0 Å². The van der Waals surface area contributed by atoms with E-state index in [4.69, 9.17) is 4.52 Å². The van der Waals surface area contributed by atoms with Gasteiger partial charge in [-0.3, -0.25) is 4.99 Å². The highest BCUT2D eigenvalue weighted by Gasteiger charge is 2.04. The van der Waals surface area contributed by atoms with Crippen molar-refractivity contribution in [2.45, 2.75) is 33.7 Å². The van der Waals surface area contributed by atoms with Gasteiger partial charge in [0.1, 0.15) is 0 Å². The summed E-state index contributed by atoms with van der Waals surface area (Å²) in [5.74, 6) is 2.05. The van der Waals surface area contributed by atoms with Gasteiger partial charge in [0.25, 0.3) is 0 Å². The van der Waals surface area contributed by atoms with Crippen LogP contribution >= 0.6 is 24.0 Å². The Morgan fingerprint density at radius 1 is 1.22 bits per heavy atom. The van der Waals surface area contributed by atoms with E-state index >= 15 is 0 Å². The molecule has 2 N–H and O–H groups in total. The Morgan fingerprint density at radius 3 is 2.61 bits per heavy atom. The molecule has 1 aromatic carbocycles. The Morgan fingerprint density at radius 2 is 2.00 bits per heavy atom. The minimum absolute atomic E-state index is 0. The summed E-state index contributed by atoms with van der Waals surface area (Å²) in [4.78, 5) is 8.38. The zero-order chi connectivity index (χ0) is 15.9. The van der Waals surface area contributed by atoms with Gasteiger partial charge in [-0.05, 0) is 31.9 Å². The number of nitrogens with zero attached hydrogens (tertiary/aromatic N) is 3. The number of aryl methyl sites for hydroxylation is 3. The predicted octanol–water partition coefficient (Wildman–Crippen LogP) is 2.52. The lowest BCUT2D eigenvalue weighted by atomic mass is 10.1. The number of hydrogen-bond donors (Lipinski definition) is 2. The summed E-state index contributed by atoms with van der Waals surface area (Å²) in [6.07, 6.45) is 0.672. The molecule has 0 atom stereocenters. The van der Waals surface area contributed by atoms with Crippen LogP contribution in [0.15, 0.2) is 27.7 Å². The van der Waals surface area contributed by atoms with Crippen molar-refractivity contribution in [2.75, 3.05) is 13.6 Å². The van der Waals surface area contributed by atoms with Crippen LogP contribution in [0.1, 0.15) is 28.4 Å². The minimum atomic E-state index is 0. The third-order valence-corrected chi connectivity index (χ3v) is 3.37. The van der Waals surface area contributed by atoms with Gasteiger partial charge in [0, 0.05) is 26.6 Å². The third kappa shape index (κ3) is 6.17. The molecule has 0 fully saturated rings. The molecule has 0 radical (unpaired) electrons. The van der Waals surface area contributed by atoms with Crippen molar-refractivity contribution in [1.29, 1.82) is 0 Å². The SMILES string of the molecule is CN=C(NCCc1nc(C)no1)NCc1ccc(C)cc1C.I. The molecule has 0 aliphatic carbocycles. The number of benzene rings is 1. The number of halogens is 1. The van der Waals surface area contributed by atoms with Gasteiger partial charge in [-0.15, -0.1) is 24.0 Å². The number of hydrogen-bond acceptors (Lipinski definition) is 4. The summed E-state index contributed by atoms with van der Waals surface area (Å²) in [5.41, 5.74) is 3.82. The average molecular weight is 429 g/mol. The van der Waals surface area contributed by atoms with Crippen LogP contribution in [0.25, 0.3) is 0 Å². The first-order valence-electron chi connectivity index (χ1n) is 7.38. The van der Waals surface area contributed by atoms with Crippen molar-refractivity contribution in [3.8, 4) is 0 Å². The van der Waals surface area contributed by atoms with E-state index in [-0.39, 0.29) is 24.0 Å². The molecule has 0 bridgehead atoms. The van der Waals surface area contributed by atoms with Crippen LogP contribution in [0.2, 0.25) is 0 Å². The quantitative estimate of drug-likeness (QED) is 0.434. The molecule has 0 aliphatic heterocycles. The summed E-state index contributed by atoms with van der Waals surface area (Å²) in [6.45, 7) is 7.46. The number of nitrogens with one attached hydrogen (secondary N) is 2. The fourth-order valence-electron chi connectivity index (χ4n) is 2.17. The third-order valence-electron chi connectivity index (χ3n) is 3.37. The summed E-state index contributed by atoms with van der Waals surface area (Å²) in [5, 5.41) is 10.3. The maximum Gasteiger partial charge on any atom is 0.228 e. The summed E-state index contributed by atoms with van der Waals surface area (Å²) < 4.78 is 5.07. The molecule has 126 valence electrons. The maximum absolute atomic E-state index is 5.07. The molecule has 0 amide bonds. The normalized spacial score (nSPS) is 11.0. The van der Waals surface area contributed by atoms with Gasteiger partial charge >= 0.3 is 0 Å². The van der Waals surface area contributed by atoms with Crippen LogP contribution in [-0.2, 0) is 13.0 Å². The van der Waals surface area contributed by atoms with Gasteiger partial charge < -0.3 is 15.2 Å². The first-order valence-corrected chi connectivity index (χ1v) is 7.38. The van der Waals surface area contributed by atoms with Gasteiger partial charge in [-0.25, -0.2) is 0 Å². The largest absolute Gasteiger partial charge is 0.356 e. The van der Waals surface area contributed by atoms with E-state index in [0.717, 1.165) is 12.5 Å². The standard InChI is InChI=1S/C16H23N5O.HI/c1-11-5-6-14(12(2)9-11)10-19-16(17-4)18-8-7-15-20-13(3)21-22-15;/h5-6,9H,7-8,10H2,1-4H3,(H2,17,18,19);1H. The molecule has 0 saturated heterocycles. The molecule has 1 aromatic heterocycles. The van der Waals surface area contributed by atoms with Crippen molar-refractivity contribution >= 4 is 29.9 Å². The van der Waals surface area contributed by atoms with Crippen molar-refractivity contribution in [3.05, 3.63) is 46.6 Å². The molecule has 0 saturated carbocycles. The topological polar surface area (TPSA) is 75.3 Å². The highest BCUT2D eigenvalue weighted by molar-refractivity contribution is 14.0. The Kier molecular flexibility index (Phi) is 8.01. The second-order valence-electron chi connectivity index (χ2n) is 5.27. The highest BCUT2D eigenvalue weighted by Crippen LogP contribution is 2.09. The van der Waals surface area contributed by atoms with Crippen molar-refractivity contribution in [3.63, 3.8) is 0 Å². The molecule has 2 aromatic rings. The lowest BCUT2D eigenvalue weighted by Gasteiger charge is -2.13. The maximum atomic E-state index is 5.07. The predicted molar refractivity (Wildman–Crippen MR) is 102 cm³/mol. The molecule has 1 heterocycles. The smallest absolute Gasteiger partial charge is 0.228 e. The first kappa shape index (κ1) is 19.4. The fourth-order valence-corrected chi connectivity index (χ4v) is 2.17. The number of aromatic nitrogens is 2. The molecular formula is C16H24IN5O. The highest BCUT2D eigenvalue weighted by atomic mass is 127. The van der Waals surface area contributed by atoms with Crippen LogP contribution in [-0.4, -0.2) is 29.7 Å². The molecule has 0 spiro atoms. The monoisotopic (exact) mass is 429 g/mol. The number of aliphatic imine (C=N–C) groups is 1. The Bertz CT molecular complexity index is 654. The molecule has 6 nitrogen and oxygen atoms in total. The number of guanidine groups is 1. The van der Waals surface area contributed by atoms with Crippen molar-refractivity contribution in [1.82, 2.24) is 20.8 Å². The zero-order valence-electron chi connectivity index (χ0n) is 14.0. The lowest BCUT2D eigenvalue weighted by Crippen LogP contribution is -2.38. The molecular weight excluding hydrogens is 405 g/mol. The zero-order valence-corrected chi connectivity index (χ0v) is 16.3. The molecule has 23 heavy (non-hydrogen) atoms. The van der Waals surface area contributed by atoms with Crippen LogP contribution in [0.3, 0.4) is 0 Å². The first-order chi connectivity index (χ1) is 10.6. The number of rotatable bonds is 5. The van der Waals surface area contributed by atoms with Gasteiger partial charge in [-0.1, -0.05) is 28.9 Å². The van der Waals surface area contributed by atoms with E-state index in [2.05, 4.69) is 57.8 Å². The van der Waals surface area contributed by atoms with E-state index in [0.29, 0.717) is 24.7 Å². The van der Waals surface area contributed by atoms with Crippen LogP contribution in [0, 0.1) is 20.8 Å². The second-order valence-corrected chi connectivity index (χ2v) is 5.27. The van der Waals surface area contributed by atoms with Gasteiger partial charge in [0.2, 0.25) is 5.89 Å². The molecule has 0 unspecified atom stereocenters. The van der Waals surface area contributed by atoms with E-state index in [1.165, 1.54) is 16.7 Å². The van der Waals surface area contributed by atoms with E-state index in [1.807, 2.05) is 6.92 Å². The average Bonchev–Trinajstić information content (AvgIpc) is 2.89. The van der Waals surface area contributed by atoms with Crippen LogP contribution in [0.4, 0.5) is 0 Å². The van der Waals surface area contributed by atoms with E-state index in [9.17, 15) is 0 Å². The van der Waals surface area contributed by atoms with Crippen molar-refractivity contribution in [2.24, 2.45) is 4.99 Å². The summed E-state index contributed by atoms with van der Waals surface area (Å²) >= 11 is 0. The van der Waals surface area contributed by atoms with Crippen molar-refractivity contribution < 1.29 is 4.52 Å². The van der Waals surface area contributed by atoms with Crippen LogP contribution in [0.5, 0.6) is 0 Å². The fraction of sp³-hybridized carbons (Fsp3) is 0.438. The second kappa shape index (κ2) is 9.49. The molecule has 0 aliphatic rings. The summed E-state index contributed by atoms with van der Waals surface area (Å²) in [6, 6.07) is 6.45. The molecule has 2 rings (SSSR count). The molecule has 7 heteroatoms. The van der Waals surface area contributed by atoms with E-state index < -0.39 is 0 Å². The lowest BCUT2D eigenvalue weighted by molar-refractivity contribution is 0.374. The summed E-state index contributed by atoms with van der Waals surface area (Å²) in [7, 11) is 1.76. The van der Waals surface area contributed by atoms with Gasteiger partial charge in [-0.2, -0.15) is 4.98 Å². The Hall–Kier alpha value is -1.64. The minimum Gasteiger partial charge on any atom is -0.356 e. The van der Waals surface area contributed by atoms with Crippen LogP contribution < -0.4 is 10.6 Å². The Labute approximate surface area is 154 Å². The van der Waals surface area contributed by atoms with E-state index in [1.54, 1.807) is 7.05 Å².